The van der Waals surface area contributed by atoms with Crippen molar-refractivity contribution in [1.82, 2.24) is 4.98 Å². The largest absolute Gasteiger partial charge is 0.481 e. The third kappa shape index (κ3) is 3.21. The zero-order valence-corrected chi connectivity index (χ0v) is 11.1. The van der Waals surface area contributed by atoms with Crippen molar-refractivity contribution in [2.75, 3.05) is 0 Å². The molecule has 7 heteroatoms. The van der Waals surface area contributed by atoms with Crippen LogP contribution < -0.4 is 0 Å². The van der Waals surface area contributed by atoms with Crippen LogP contribution in [0, 0.1) is 0 Å². The van der Waals surface area contributed by atoms with E-state index in [1.54, 1.807) is 0 Å². The number of aromatic nitrogens is 1. The molecule has 1 rings (SSSR count). The van der Waals surface area contributed by atoms with Crippen molar-refractivity contribution in [3.63, 3.8) is 0 Å². The molecular weight excluding hydrogens is 352 g/mol. The number of carbonyl (C=O) groups is 1. The molecule has 0 atom stereocenters. The van der Waals surface area contributed by atoms with Gasteiger partial charge in [-0.25, -0.2) is 8.78 Å². The fraction of sp³-hybridized carbons (Fsp3) is 0.333. The molecule has 1 N–H and O–H groups in total. The molecule has 0 fully saturated rings. The number of pyridine rings is 1. The molecule has 0 aliphatic carbocycles. The summed E-state index contributed by atoms with van der Waals surface area (Å²) in [4.78, 5) is 14.3. The lowest BCUT2D eigenvalue weighted by Crippen LogP contribution is -2.08. The lowest BCUT2D eigenvalue weighted by Gasteiger charge is -2.10. The van der Waals surface area contributed by atoms with Crippen LogP contribution in [-0.4, -0.2) is 16.1 Å². The molecule has 1 aromatic heterocycles. The van der Waals surface area contributed by atoms with Crippen LogP contribution in [0.5, 0.6) is 0 Å². The number of nitrogens with zero attached hydrogens (tertiary/aromatic N) is 1. The quantitative estimate of drug-likeness (QED) is 0.840. The number of aliphatic carboxylic acids is 1. The van der Waals surface area contributed by atoms with Crippen LogP contribution in [0.2, 0.25) is 0 Å². The standard InChI is InChI=1S/C9H7Br2F2NO2/c10-3-4-1-6(11)5(2-7(15)16)8(14-4)9(12)13/h1,9H,2-3H2,(H,15,16). The van der Waals surface area contributed by atoms with Gasteiger partial charge < -0.3 is 5.11 Å². The molecule has 0 aromatic carbocycles. The molecule has 0 amide bonds. The third-order valence-electron chi connectivity index (χ3n) is 1.83. The van der Waals surface area contributed by atoms with Crippen LogP contribution in [0.15, 0.2) is 10.5 Å². The van der Waals surface area contributed by atoms with Gasteiger partial charge in [-0.3, -0.25) is 9.78 Å². The molecule has 1 heterocycles. The first-order valence-electron chi connectivity index (χ1n) is 4.19. The summed E-state index contributed by atoms with van der Waals surface area (Å²) in [5, 5.41) is 8.95. The van der Waals surface area contributed by atoms with Crippen molar-refractivity contribution in [2.45, 2.75) is 18.2 Å². The van der Waals surface area contributed by atoms with Gasteiger partial charge in [-0.2, -0.15) is 0 Å². The van der Waals surface area contributed by atoms with Crippen molar-refractivity contribution >= 4 is 37.8 Å². The molecule has 3 nitrogen and oxygen atoms in total. The molecule has 0 unspecified atom stereocenters. The Morgan fingerprint density at radius 3 is 2.62 bits per heavy atom. The Kier molecular flexibility index (Phi) is 4.79. The minimum atomic E-state index is -2.79. The number of hydrogen-bond acceptors (Lipinski definition) is 2. The van der Waals surface area contributed by atoms with Crippen LogP contribution in [0.25, 0.3) is 0 Å². The Labute approximate surface area is 107 Å². The molecular formula is C9H7Br2F2NO2. The van der Waals surface area contributed by atoms with E-state index in [4.69, 9.17) is 5.11 Å². The van der Waals surface area contributed by atoms with E-state index in [1.807, 2.05) is 0 Å². The molecule has 0 radical (unpaired) electrons. The average molecular weight is 359 g/mol. The minimum absolute atomic E-state index is 0.0206. The van der Waals surface area contributed by atoms with E-state index in [1.165, 1.54) is 6.07 Å². The van der Waals surface area contributed by atoms with Gasteiger partial charge in [-0.15, -0.1) is 0 Å². The first-order valence-corrected chi connectivity index (χ1v) is 6.11. The first kappa shape index (κ1) is 13.5. The topological polar surface area (TPSA) is 50.2 Å². The molecule has 1 aromatic rings. The molecule has 0 bridgehead atoms. The monoisotopic (exact) mass is 357 g/mol. The fourth-order valence-electron chi connectivity index (χ4n) is 1.19. The highest BCUT2D eigenvalue weighted by atomic mass is 79.9. The predicted octanol–water partition coefficient (Wildman–Crippen LogP) is 3.30. The van der Waals surface area contributed by atoms with E-state index in [-0.39, 0.29) is 5.56 Å². The second-order valence-electron chi connectivity index (χ2n) is 2.96. The molecule has 88 valence electrons. The molecule has 0 aliphatic heterocycles. The van der Waals surface area contributed by atoms with Gasteiger partial charge in [0.15, 0.2) is 0 Å². The molecule has 0 saturated heterocycles. The summed E-state index contributed by atoms with van der Waals surface area (Å²) in [5.41, 5.74) is -0.0326. The van der Waals surface area contributed by atoms with Gasteiger partial charge >= 0.3 is 5.97 Å². The van der Waals surface area contributed by atoms with E-state index < -0.39 is 24.5 Å². The predicted molar refractivity (Wildman–Crippen MR) is 60.9 cm³/mol. The Bertz CT molecular complexity index is 413. The summed E-state index contributed by atoms with van der Waals surface area (Å²) in [7, 11) is 0. The van der Waals surface area contributed by atoms with Crippen molar-refractivity contribution in [1.29, 1.82) is 0 Å². The number of carboxylic acid groups (broad SMARTS) is 1. The van der Waals surface area contributed by atoms with Crippen molar-refractivity contribution < 1.29 is 18.7 Å². The summed E-state index contributed by atoms with van der Waals surface area (Å²) < 4.78 is 25.7. The highest BCUT2D eigenvalue weighted by Gasteiger charge is 2.20. The maximum atomic E-state index is 12.7. The molecule has 0 aliphatic rings. The van der Waals surface area contributed by atoms with Crippen molar-refractivity contribution in [3.8, 4) is 0 Å². The summed E-state index contributed by atoms with van der Waals surface area (Å²) in [6, 6.07) is 1.53. The number of alkyl halides is 3. The number of halogens is 4. The molecule has 0 spiro atoms. The Balaban J connectivity index is 3.27. The van der Waals surface area contributed by atoms with Gasteiger partial charge in [0, 0.05) is 15.4 Å². The van der Waals surface area contributed by atoms with Gasteiger partial charge in [-0.1, -0.05) is 31.9 Å². The maximum Gasteiger partial charge on any atom is 0.307 e. The number of carboxylic acids is 1. The summed E-state index contributed by atoms with van der Waals surface area (Å²) in [5.74, 6) is -1.17. The SMILES string of the molecule is O=C(O)Cc1c(Br)cc(CBr)nc1C(F)F. The lowest BCUT2D eigenvalue weighted by molar-refractivity contribution is -0.136. The summed E-state index contributed by atoms with van der Waals surface area (Å²) in [6.07, 6.45) is -3.26. The highest BCUT2D eigenvalue weighted by molar-refractivity contribution is 9.10. The maximum absolute atomic E-state index is 12.7. The van der Waals surface area contributed by atoms with Gasteiger partial charge in [-0.05, 0) is 6.07 Å². The smallest absolute Gasteiger partial charge is 0.307 e. The normalized spacial score (nSPS) is 10.8. The molecule has 16 heavy (non-hydrogen) atoms. The zero-order chi connectivity index (χ0) is 12.3. The zero-order valence-electron chi connectivity index (χ0n) is 7.88. The van der Waals surface area contributed by atoms with E-state index in [0.29, 0.717) is 15.5 Å². The Hall–Kier alpha value is -0.560. The van der Waals surface area contributed by atoms with Crippen LogP contribution in [0.4, 0.5) is 8.78 Å². The second kappa shape index (κ2) is 5.67. The average Bonchev–Trinajstić information content (AvgIpc) is 2.19. The highest BCUT2D eigenvalue weighted by Crippen LogP contribution is 2.29. The van der Waals surface area contributed by atoms with E-state index in [9.17, 15) is 13.6 Å². The summed E-state index contributed by atoms with van der Waals surface area (Å²) in [6.45, 7) is 0. The fourth-order valence-corrected chi connectivity index (χ4v) is 2.08. The number of rotatable bonds is 4. The summed E-state index contributed by atoms with van der Waals surface area (Å²) >= 11 is 6.18. The molecule has 0 saturated carbocycles. The Morgan fingerprint density at radius 1 is 1.56 bits per heavy atom. The second-order valence-corrected chi connectivity index (χ2v) is 4.38. The van der Waals surface area contributed by atoms with Gasteiger partial charge in [0.25, 0.3) is 6.43 Å². The van der Waals surface area contributed by atoms with Gasteiger partial charge in [0.2, 0.25) is 0 Å². The van der Waals surface area contributed by atoms with E-state index in [0.717, 1.165) is 0 Å². The van der Waals surface area contributed by atoms with Crippen LogP contribution >= 0.6 is 31.9 Å². The van der Waals surface area contributed by atoms with Gasteiger partial charge in [0.05, 0.1) is 12.1 Å². The van der Waals surface area contributed by atoms with E-state index >= 15 is 0 Å². The minimum Gasteiger partial charge on any atom is -0.481 e. The third-order valence-corrected chi connectivity index (χ3v) is 3.11. The van der Waals surface area contributed by atoms with Crippen LogP contribution in [-0.2, 0) is 16.5 Å². The van der Waals surface area contributed by atoms with Crippen LogP contribution in [0.3, 0.4) is 0 Å². The Morgan fingerprint density at radius 2 is 2.19 bits per heavy atom. The first-order chi connectivity index (χ1) is 7.45. The van der Waals surface area contributed by atoms with Gasteiger partial charge in [0.1, 0.15) is 5.69 Å². The van der Waals surface area contributed by atoms with E-state index in [2.05, 4.69) is 36.8 Å². The van der Waals surface area contributed by atoms with Crippen molar-refractivity contribution in [3.05, 3.63) is 27.5 Å². The van der Waals surface area contributed by atoms with Crippen LogP contribution in [0.1, 0.15) is 23.4 Å². The number of hydrogen-bond donors (Lipinski definition) is 1. The van der Waals surface area contributed by atoms with Crippen molar-refractivity contribution in [2.24, 2.45) is 0 Å². The lowest BCUT2D eigenvalue weighted by atomic mass is 10.1.